The number of hydrogen-bond acceptors (Lipinski definition) is 5. The fraction of sp³-hybridized carbons (Fsp3) is 0.400. The molecular formula is C10H14N4O2S. The van der Waals surface area contributed by atoms with Crippen LogP contribution in [0.2, 0.25) is 0 Å². The van der Waals surface area contributed by atoms with Crippen molar-refractivity contribution in [2.45, 2.75) is 26.2 Å². The molecule has 0 radical (unpaired) electrons. The Hall–Kier alpha value is -1.76. The number of nitrogens with two attached hydrogens (primary N) is 1. The molecule has 3 N–H and O–H groups in total. The van der Waals surface area contributed by atoms with E-state index >= 15 is 0 Å². The summed E-state index contributed by atoms with van der Waals surface area (Å²) in [5.41, 5.74) is 4.86. The molecule has 0 unspecified atom stereocenters. The lowest BCUT2D eigenvalue weighted by Gasteiger charge is -1.93. The highest BCUT2D eigenvalue weighted by molar-refractivity contribution is 7.15. The molecule has 0 aliphatic heterocycles. The lowest BCUT2D eigenvalue weighted by Crippen LogP contribution is -2.11. The molecule has 0 fully saturated rings. The van der Waals surface area contributed by atoms with Gasteiger partial charge in [0.15, 0.2) is 0 Å². The van der Waals surface area contributed by atoms with Crippen molar-refractivity contribution in [1.82, 2.24) is 10.2 Å². The predicted octanol–water partition coefficient (Wildman–Crippen LogP) is 0.861. The Bertz CT molecular complexity index is 428. The summed E-state index contributed by atoms with van der Waals surface area (Å²) in [5.74, 6) is -1.11. The summed E-state index contributed by atoms with van der Waals surface area (Å²) in [4.78, 5) is 21.7. The maximum atomic E-state index is 11.3. The zero-order valence-corrected chi connectivity index (χ0v) is 10.3. The quantitative estimate of drug-likeness (QED) is 0.735. The van der Waals surface area contributed by atoms with Gasteiger partial charge in [0.1, 0.15) is 5.01 Å². The van der Waals surface area contributed by atoms with Gasteiger partial charge in [-0.3, -0.25) is 14.9 Å². The Labute approximate surface area is 103 Å². The van der Waals surface area contributed by atoms with Crippen molar-refractivity contribution in [3.8, 4) is 0 Å². The van der Waals surface area contributed by atoms with Crippen molar-refractivity contribution in [3.63, 3.8) is 0 Å². The highest BCUT2D eigenvalue weighted by Gasteiger charge is 2.05. The maximum absolute atomic E-state index is 11.3. The average Bonchev–Trinajstić information content (AvgIpc) is 2.71. The zero-order valence-electron chi connectivity index (χ0n) is 9.47. The molecule has 7 heteroatoms. The lowest BCUT2D eigenvalue weighted by atomic mass is 10.3. The van der Waals surface area contributed by atoms with Crippen LogP contribution in [0.4, 0.5) is 5.13 Å². The van der Waals surface area contributed by atoms with Gasteiger partial charge in [0.05, 0.1) is 0 Å². The zero-order chi connectivity index (χ0) is 12.7. The molecule has 0 aliphatic rings. The van der Waals surface area contributed by atoms with E-state index in [0.717, 1.165) is 36.4 Å². The first kappa shape index (κ1) is 13.3. The number of aromatic nitrogens is 2. The first-order chi connectivity index (χ1) is 8.11. The van der Waals surface area contributed by atoms with Crippen LogP contribution < -0.4 is 11.1 Å². The number of rotatable bonds is 6. The van der Waals surface area contributed by atoms with Gasteiger partial charge in [0.2, 0.25) is 16.9 Å². The number of carbonyl (C=O) groups excluding carboxylic acids is 2. The van der Waals surface area contributed by atoms with Gasteiger partial charge >= 0.3 is 0 Å². The molecule has 1 aromatic heterocycles. The fourth-order valence-electron chi connectivity index (χ4n) is 1.04. The first-order valence-corrected chi connectivity index (χ1v) is 6.04. The molecule has 0 saturated heterocycles. The van der Waals surface area contributed by atoms with E-state index in [1.165, 1.54) is 11.3 Å². The molecular weight excluding hydrogens is 240 g/mol. The van der Waals surface area contributed by atoms with E-state index in [9.17, 15) is 9.59 Å². The molecule has 0 atom stereocenters. The second kappa shape index (κ2) is 6.74. The molecule has 0 aliphatic carbocycles. The van der Waals surface area contributed by atoms with Gasteiger partial charge in [-0.15, -0.1) is 10.2 Å². The second-order valence-corrected chi connectivity index (χ2v) is 4.39. The second-order valence-electron chi connectivity index (χ2n) is 3.33. The molecule has 17 heavy (non-hydrogen) atoms. The molecule has 0 aromatic carbocycles. The monoisotopic (exact) mass is 254 g/mol. The number of anilines is 1. The van der Waals surface area contributed by atoms with E-state index in [-0.39, 0.29) is 0 Å². The minimum Gasteiger partial charge on any atom is -0.366 e. The number of amides is 2. The Morgan fingerprint density at radius 2 is 2.18 bits per heavy atom. The number of carbonyl (C=O) groups is 2. The maximum Gasteiger partial charge on any atom is 0.250 e. The molecule has 0 bridgehead atoms. The topological polar surface area (TPSA) is 98.0 Å². The van der Waals surface area contributed by atoms with Crippen LogP contribution in [0.5, 0.6) is 0 Å². The van der Waals surface area contributed by atoms with Crippen LogP contribution in [0, 0.1) is 0 Å². The van der Waals surface area contributed by atoms with Crippen LogP contribution in [-0.2, 0) is 16.0 Å². The van der Waals surface area contributed by atoms with Crippen molar-refractivity contribution >= 4 is 28.3 Å². The molecule has 92 valence electrons. The average molecular weight is 254 g/mol. The summed E-state index contributed by atoms with van der Waals surface area (Å²) >= 11 is 1.33. The van der Waals surface area contributed by atoms with E-state index in [4.69, 9.17) is 5.73 Å². The van der Waals surface area contributed by atoms with Crippen LogP contribution in [0.25, 0.3) is 0 Å². The summed E-state index contributed by atoms with van der Waals surface area (Å²) in [6.07, 6.45) is 5.05. The molecule has 1 rings (SSSR count). The van der Waals surface area contributed by atoms with Gasteiger partial charge < -0.3 is 5.73 Å². The highest BCUT2D eigenvalue weighted by Crippen LogP contribution is 2.16. The van der Waals surface area contributed by atoms with Gasteiger partial charge in [0.25, 0.3) is 0 Å². The minimum atomic E-state index is -0.666. The van der Waals surface area contributed by atoms with E-state index in [1.54, 1.807) is 0 Å². The van der Waals surface area contributed by atoms with Crippen molar-refractivity contribution in [1.29, 1.82) is 0 Å². The standard InChI is InChI=1S/C10H14N4O2S/c1-2-3-4-9-13-14-10(17-9)12-8(16)6-5-7(11)15/h5-6H,2-4H2,1H3,(H2,11,15)(H,12,14,16). The van der Waals surface area contributed by atoms with E-state index < -0.39 is 11.8 Å². The van der Waals surface area contributed by atoms with Gasteiger partial charge in [-0.05, 0) is 6.42 Å². The van der Waals surface area contributed by atoms with Crippen molar-refractivity contribution in [2.24, 2.45) is 5.73 Å². The number of nitrogens with zero attached hydrogens (tertiary/aromatic N) is 2. The largest absolute Gasteiger partial charge is 0.366 e. The number of hydrogen-bond donors (Lipinski definition) is 2. The lowest BCUT2D eigenvalue weighted by molar-refractivity contribution is -0.115. The third kappa shape index (κ3) is 5.21. The third-order valence-electron chi connectivity index (χ3n) is 1.84. The van der Waals surface area contributed by atoms with Gasteiger partial charge in [-0.1, -0.05) is 24.7 Å². The number of unbranched alkanes of at least 4 members (excludes halogenated alkanes) is 1. The van der Waals surface area contributed by atoms with Crippen molar-refractivity contribution < 1.29 is 9.59 Å². The SMILES string of the molecule is CCCCc1nnc(NC(=O)C=CC(N)=O)s1. The van der Waals surface area contributed by atoms with Gasteiger partial charge in [-0.25, -0.2) is 0 Å². The Morgan fingerprint density at radius 1 is 1.41 bits per heavy atom. The van der Waals surface area contributed by atoms with Crippen LogP contribution in [0.3, 0.4) is 0 Å². The Kier molecular flexibility index (Phi) is 5.28. The summed E-state index contributed by atoms with van der Waals surface area (Å²) in [6.45, 7) is 2.10. The van der Waals surface area contributed by atoms with Crippen LogP contribution in [0.15, 0.2) is 12.2 Å². The molecule has 1 heterocycles. The molecule has 1 aromatic rings. The van der Waals surface area contributed by atoms with E-state index in [2.05, 4.69) is 22.4 Å². The number of aryl methyl sites for hydroxylation is 1. The summed E-state index contributed by atoms with van der Waals surface area (Å²) in [6, 6.07) is 0. The Morgan fingerprint density at radius 3 is 2.82 bits per heavy atom. The molecule has 2 amide bonds. The van der Waals surface area contributed by atoms with Crippen molar-refractivity contribution in [2.75, 3.05) is 5.32 Å². The normalized spacial score (nSPS) is 10.6. The smallest absolute Gasteiger partial charge is 0.250 e. The Balaban J connectivity index is 2.48. The van der Waals surface area contributed by atoms with Crippen LogP contribution in [-0.4, -0.2) is 22.0 Å². The third-order valence-corrected chi connectivity index (χ3v) is 2.74. The van der Waals surface area contributed by atoms with E-state index in [1.807, 2.05) is 0 Å². The molecule has 0 spiro atoms. The number of primary amides is 1. The first-order valence-electron chi connectivity index (χ1n) is 5.22. The van der Waals surface area contributed by atoms with E-state index in [0.29, 0.717) is 5.13 Å². The summed E-state index contributed by atoms with van der Waals surface area (Å²) in [7, 11) is 0. The van der Waals surface area contributed by atoms with Crippen LogP contribution in [0.1, 0.15) is 24.8 Å². The summed E-state index contributed by atoms with van der Waals surface area (Å²) in [5, 5.41) is 11.6. The fourth-order valence-corrected chi connectivity index (χ4v) is 1.82. The highest BCUT2D eigenvalue weighted by atomic mass is 32.1. The van der Waals surface area contributed by atoms with Crippen molar-refractivity contribution in [3.05, 3.63) is 17.2 Å². The van der Waals surface area contributed by atoms with Gasteiger partial charge in [-0.2, -0.15) is 0 Å². The summed E-state index contributed by atoms with van der Waals surface area (Å²) < 4.78 is 0. The van der Waals surface area contributed by atoms with Crippen LogP contribution >= 0.6 is 11.3 Å². The predicted molar refractivity (Wildman–Crippen MR) is 65.5 cm³/mol. The minimum absolute atomic E-state index is 0.426. The number of nitrogens with one attached hydrogen (secondary N) is 1. The van der Waals surface area contributed by atoms with Gasteiger partial charge in [0, 0.05) is 18.6 Å². The molecule has 6 nitrogen and oxygen atoms in total. The molecule has 0 saturated carbocycles.